The molecule has 80 heavy (non-hydrogen) atoms. The predicted molar refractivity (Wildman–Crippen MR) is 294 cm³/mol. The smallest absolute Gasteiger partial charge is 0.330 e. The minimum absolute atomic E-state index is 0.0129. The molecule has 0 bridgehead atoms. The summed E-state index contributed by atoms with van der Waals surface area (Å²) in [5.41, 5.74) is -1.57. The summed E-state index contributed by atoms with van der Waals surface area (Å²) in [6, 6.07) is 0. The number of fused-ring (bicyclic) bond motifs is 5. The molecule has 0 aromatic carbocycles. The Kier molecular flexibility index (Phi) is 25.6. The molecule has 6 aliphatic rings. The molecule has 0 radical (unpaired) electrons. The molecule has 0 aromatic heterocycles. The van der Waals surface area contributed by atoms with E-state index in [1.807, 2.05) is 33.8 Å². The minimum atomic E-state index is -1.55. The topological polar surface area (TPSA) is 296 Å². The van der Waals surface area contributed by atoms with Gasteiger partial charge in [0.15, 0.2) is 24.1 Å². The molecule has 2 heterocycles. The summed E-state index contributed by atoms with van der Waals surface area (Å²) in [6.45, 7) is 17.9. The lowest BCUT2D eigenvalue weighted by Crippen LogP contribution is -2.69. The number of carboxylic acid groups (broad SMARTS) is 2. The van der Waals surface area contributed by atoms with E-state index in [0.717, 1.165) is 37.7 Å². The highest BCUT2D eigenvalue weighted by molar-refractivity contribution is 6.26. The third kappa shape index (κ3) is 16.2. The standard InChI is InChI=1S/C29H48O10.C28H37ClO7.C3H6O2/c1-5-25(33)39-29-22(37-17-21(27(29)35)16-23-28(38-23)19(3)20(4)30)14-18(2)15-26(34)36-13-11-9-7-6-8-10-12-24(31)32;1-6-23(33)35-15-22(32)28(36-24(34)7-2)16(3)12-20-19-9-8-17-13-18(30)10-11-25(17,4)27(19,29)21(31)14-26(20,28)5;1-2-3(4)5/h15,19-23,27-30,35H,5-14,16-17H2,1-4H3,(H,31,32);10-11,13,16,19-21,31H,6-9,12,14-15H2,1-5H3;2H2,1H3,(H,4,5)/b18-15+;;/t19-,20-,21-,22-,23-,27+,28-,29-;16-,19-,20-,21-,25-,26-,27?,28-;/m00./s1. The number of hydrogen-bond acceptors (Lipinski definition) is 17. The number of ketones is 2. The maximum Gasteiger partial charge on any atom is 0.330 e. The quantitative estimate of drug-likeness (QED) is 0.0144. The second-order valence-corrected chi connectivity index (χ2v) is 23.8. The molecule has 16 atom stereocenters. The van der Waals surface area contributed by atoms with Gasteiger partial charge in [-0.1, -0.05) is 98.3 Å². The van der Waals surface area contributed by atoms with Gasteiger partial charge in [0.25, 0.3) is 0 Å². The van der Waals surface area contributed by atoms with Crippen molar-refractivity contribution < 1.29 is 92.3 Å². The zero-order chi connectivity index (χ0) is 59.9. The molecule has 0 amide bonds. The molecule has 3 saturated carbocycles. The summed E-state index contributed by atoms with van der Waals surface area (Å²) in [5, 5.41) is 49.1. The Balaban J connectivity index is 0.000000318. The van der Waals surface area contributed by atoms with Crippen LogP contribution in [0.15, 0.2) is 35.5 Å². The van der Waals surface area contributed by atoms with Crippen LogP contribution < -0.4 is 0 Å². The monoisotopic (exact) mass is 1150 g/mol. The molecule has 4 aliphatic carbocycles. The van der Waals surface area contributed by atoms with E-state index in [1.165, 1.54) is 12.2 Å². The third-order valence-corrected chi connectivity index (χ3v) is 18.7. The van der Waals surface area contributed by atoms with Crippen LogP contribution in [0.5, 0.6) is 0 Å². The number of aliphatic hydroxyl groups is 3. The Morgan fingerprint density at radius 1 is 0.850 bits per heavy atom. The number of carbonyl (C=O) groups is 8. The molecule has 5 N–H and O–H groups in total. The summed E-state index contributed by atoms with van der Waals surface area (Å²) >= 11 is 7.48. The van der Waals surface area contributed by atoms with Gasteiger partial charge in [0.2, 0.25) is 5.78 Å². The van der Waals surface area contributed by atoms with Crippen molar-refractivity contribution in [1.82, 2.24) is 0 Å². The highest BCUT2D eigenvalue weighted by atomic mass is 35.5. The Morgan fingerprint density at radius 2 is 1.48 bits per heavy atom. The van der Waals surface area contributed by atoms with Crippen LogP contribution in [-0.2, 0) is 66.8 Å². The van der Waals surface area contributed by atoms with E-state index in [2.05, 4.69) is 0 Å². The lowest BCUT2D eigenvalue weighted by Gasteiger charge is -2.64. The summed E-state index contributed by atoms with van der Waals surface area (Å²) in [7, 11) is 0. The lowest BCUT2D eigenvalue weighted by atomic mass is 9.45. The van der Waals surface area contributed by atoms with Gasteiger partial charge >= 0.3 is 35.8 Å². The van der Waals surface area contributed by atoms with Crippen molar-refractivity contribution in [2.75, 3.05) is 19.8 Å². The predicted octanol–water partition coefficient (Wildman–Crippen LogP) is 8.12. The van der Waals surface area contributed by atoms with Crippen LogP contribution in [0.4, 0.5) is 0 Å². The molecule has 1 unspecified atom stereocenters. The molecule has 2 saturated heterocycles. The molecule has 2 aliphatic heterocycles. The largest absolute Gasteiger partial charge is 0.481 e. The van der Waals surface area contributed by atoms with Crippen molar-refractivity contribution in [3.8, 4) is 0 Å². The van der Waals surface area contributed by atoms with Crippen LogP contribution in [0.1, 0.15) is 178 Å². The number of halogens is 1. The number of aliphatic carboxylic acids is 2. The van der Waals surface area contributed by atoms with Gasteiger partial charge in [-0.05, 0) is 89.2 Å². The van der Waals surface area contributed by atoms with E-state index in [4.69, 9.17) is 50.2 Å². The fraction of sp³-hybridized carbons (Fsp3) is 0.767. The minimum Gasteiger partial charge on any atom is -0.481 e. The number of epoxide rings is 1. The number of rotatable bonds is 25. The third-order valence-electron chi connectivity index (χ3n) is 17.7. The van der Waals surface area contributed by atoms with E-state index in [1.54, 1.807) is 47.6 Å². The van der Waals surface area contributed by atoms with Crippen molar-refractivity contribution in [3.05, 3.63) is 35.5 Å². The summed E-state index contributed by atoms with van der Waals surface area (Å²) < 4.78 is 33.9. The molecule has 452 valence electrons. The first-order chi connectivity index (χ1) is 37.6. The van der Waals surface area contributed by atoms with E-state index in [-0.39, 0.29) is 92.7 Å². The van der Waals surface area contributed by atoms with E-state index in [9.17, 15) is 53.7 Å². The number of allylic oxidation sites excluding steroid dienone is 4. The van der Waals surface area contributed by atoms with Crippen molar-refractivity contribution in [3.63, 3.8) is 0 Å². The first-order valence-corrected chi connectivity index (χ1v) is 29.3. The first-order valence-electron chi connectivity index (χ1n) is 28.9. The number of ether oxygens (including phenoxy) is 6. The Bertz CT molecular complexity index is 2280. The van der Waals surface area contributed by atoms with Gasteiger partial charge < -0.3 is 54.0 Å². The average molecular weight is 1150 g/mol. The second kappa shape index (κ2) is 30.1. The maximum atomic E-state index is 13.9. The van der Waals surface area contributed by atoms with Crippen LogP contribution in [0.25, 0.3) is 0 Å². The number of Topliss-reactive ketones (excluding diaryl/α,β-unsaturated/α-hetero) is 1. The number of alkyl halides is 1. The van der Waals surface area contributed by atoms with Crippen LogP contribution in [-0.4, -0.2) is 146 Å². The lowest BCUT2D eigenvalue weighted by molar-refractivity contribution is -0.203. The number of hydrogen-bond donors (Lipinski definition) is 5. The number of esters is 4. The van der Waals surface area contributed by atoms with Crippen LogP contribution in [0, 0.1) is 40.4 Å². The van der Waals surface area contributed by atoms with Crippen LogP contribution in [0.2, 0.25) is 0 Å². The van der Waals surface area contributed by atoms with Gasteiger partial charge in [-0.3, -0.25) is 33.6 Å². The molecule has 0 aromatic rings. The molecular weight excluding hydrogens is 1060 g/mol. The van der Waals surface area contributed by atoms with Gasteiger partial charge in [-0.15, -0.1) is 11.6 Å². The van der Waals surface area contributed by atoms with Gasteiger partial charge in [-0.2, -0.15) is 0 Å². The average Bonchev–Trinajstić information content (AvgIpc) is 2.73. The van der Waals surface area contributed by atoms with Crippen molar-refractivity contribution in [1.29, 1.82) is 0 Å². The SMILES string of the molecule is CCC(=O)O.CCC(=O)OCC(=O)[C@@]1(OC(=O)CC)[C@@H](C)C[C@H]2[C@@H]3CCC4=CC(=O)C=C[C@]4(C)C3(Cl)[C@@H](O)C[C@@]21C.CCC(=O)O[C@@H]1[C@H](O)[C@@H](C[C@@H]2O[C@H]2[C@@H](C)[C@H](C)O)CO[C@H]1C/C(C)=C/C(=O)OCCCCCCCCC(=O)O. The van der Waals surface area contributed by atoms with E-state index >= 15 is 0 Å². The van der Waals surface area contributed by atoms with Gasteiger partial charge in [-0.25, -0.2) is 4.79 Å². The molecular formula is C60H91ClO19. The summed E-state index contributed by atoms with van der Waals surface area (Å²) in [4.78, 5) is 93.7. The fourth-order valence-electron chi connectivity index (χ4n) is 13.0. The zero-order valence-corrected chi connectivity index (χ0v) is 49.5. The zero-order valence-electron chi connectivity index (χ0n) is 48.7. The molecule has 19 nitrogen and oxygen atoms in total. The van der Waals surface area contributed by atoms with Crippen LogP contribution >= 0.6 is 11.6 Å². The van der Waals surface area contributed by atoms with Crippen LogP contribution in [0.3, 0.4) is 0 Å². The molecule has 20 heteroatoms. The Labute approximate surface area is 476 Å². The van der Waals surface area contributed by atoms with E-state index in [0.29, 0.717) is 50.7 Å². The Hall–Kier alpha value is -4.53. The van der Waals surface area contributed by atoms with Gasteiger partial charge in [0.05, 0.1) is 48.6 Å². The van der Waals surface area contributed by atoms with Crippen molar-refractivity contribution in [2.24, 2.45) is 40.4 Å². The molecule has 0 spiro atoms. The highest BCUT2D eigenvalue weighted by Crippen LogP contribution is 2.72. The second-order valence-electron chi connectivity index (χ2n) is 23.2. The van der Waals surface area contributed by atoms with Crippen molar-refractivity contribution >= 4 is 59.0 Å². The summed E-state index contributed by atoms with van der Waals surface area (Å²) in [5.74, 6) is -4.92. The number of carbonyl (C=O) groups excluding carboxylic acids is 6. The van der Waals surface area contributed by atoms with Gasteiger partial charge in [0.1, 0.15) is 6.10 Å². The normalized spacial score (nSPS) is 33.7. The van der Waals surface area contributed by atoms with E-state index < -0.39 is 100 Å². The van der Waals surface area contributed by atoms with Crippen molar-refractivity contribution in [2.45, 2.75) is 232 Å². The molecule has 5 fully saturated rings. The molecule has 6 rings (SSSR count). The highest BCUT2D eigenvalue weighted by Gasteiger charge is 2.76. The Morgan fingerprint density at radius 3 is 2.08 bits per heavy atom. The number of aliphatic hydroxyl groups excluding tert-OH is 3. The summed E-state index contributed by atoms with van der Waals surface area (Å²) in [6.07, 6.45) is 11.2. The number of carboxylic acids is 2. The maximum absolute atomic E-state index is 13.9. The first kappa shape index (κ1) is 68.0. The van der Waals surface area contributed by atoms with Gasteiger partial charge in [0, 0.05) is 66.8 Å². The number of unbranched alkanes of at least 4 members (excludes halogenated alkanes) is 5. The fourth-order valence-corrected chi connectivity index (χ4v) is 13.5.